The van der Waals surface area contributed by atoms with Crippen molar-refractivity contribution in [3.05, 3.63) is 82.9 Å². The number of aryl methyl sites for hydroxylation is 1. The number of hydrogen-bond acceptors (Lipinski definition) is 5. The summed E-state index contributed by atoms with van der Waals surface area (Å²) < 4.78 is 32.3. The summed E-state index contributed by atoms with van der Waals surface area (Å²) in [6, 6.07) is 12.4. The number of aromatic nitrogens is 2. The molecular weight excluding hydrogens is 462 g/mol. The van der Waals surface area contributed by atoms with E-state index in [0.717, 1.165) is 5.56 Å². The van der Waals surface area contributed by atoms with Crippen molar-refractivity contribution in [1.29, 1.82) is 4.78 Å². The van der Waals surface area contributed by atoms with Gasteiger partial charge in [-0.05, 0) is 24.6 Å². The van der Waals surface area contributed by atoms with Gasteiger partial charge in [0, 0.05) is 30.7 Å². The quantitative estimate of drug-likeness (QED) is 0.454. The second kappa shape index (κ2) is 9.48. The number of anilines is 1. The summed E-state index contributed by atoms with van der Waals surface area (Å²) in [6.07, 6.45) is 6.20. The number of carbonyl (C=O) groups is 1. The smallest absolute Gasteiger partial charge is 0.272 e. The average Bonchev–Trinajstić information content (AvgIpc) is 3.06. The van der Waals surface area contributed by atoms with Gasteiger partial charge in [0.2, 0.25) is 0 Å². The monoisotopic (exact) mass is 485 g/mol. The van der Waals surface area contributed by atoms with Gasteiger partial charge in [0.15, 0.2) is 0 Å². The van der Waals surface area contributed by atoms with E-state index in [1.165, 1.54) is 12.3 Å². The van der Waals surface area contributed by atoms with E-state index in [1.807, 2.05) is 37.3 Å². The molecule has 1 aliphatic heterocycles. The normalized spacial score (nSPS) is 20.6. The van der Waals surface area contributed by atoms with Crippen LogP contribution in [0.25, 0.3) is 6.08 Å². The third-order valence-electron chi connectivity index (χ3n) is 5.33. The third kappa shape index (κ3) is 5.17. The number of pyridine rings is 1. The van der Waals surface area contributed by atoms with E-state index in [9.17, 15) is 9.00 Å². The first-order valence-electron chi connectivity index (χ1n) is 10.3. The van der Waals surface area contributed by atoms with Gasteiger partial charge in [-0.25, -0.2) is 18.7 Å². The molecule has 3 aromatic rings. The lowest BCUT2D eigenvalue weighted by molar-refractivity contribution is 0.0425. The maximum absolute atomic E-state index is 13.3. The standard InChI is InChI=1S/C23H24ClN5O3S/c1-15(32-14-16-6-4-3-5-7-16)19-9-8-18-20(33(25,31)28-19)13-29(2)22(18)23(30)27-17-10-11-26-21(24)12-17/h3-13,15,19H,14H2,1-2H3,(H2,25,28,31)(H,26,27,30)/t15?,19-,33?/m1/s1. The Hall–Kier alpha value is -2.98. The van der Waals surface area contributed by atoms with Crippen molar-refractivity contribution >= 4 is 39.2 Å². The van der Waals surface area contributed by atoms with Crippen molar-refractivity contribution in [2.24, 2.45) is 7.05 Å². The lowest BCUT2D eigenvalue weighted by Crippen LogP contribution is -2.40. The molecule has 2 unspecified atom stereocenters. The topological polar surface area (TPSA) is 109 Å². The van der Waals surface area contributed by atoms with E-state index >= 15 is 0 Å². The van der Waals surface area contributed by atoms with Crippen LogP contribution in [0.2, 0.25) is 5.15 Å². The Morgan fingerprint density at radius 1 is 1.36 bits per heavy atom. The van der Waals surface area contributed by atoms with Crippen molar-refractivity contribution in [3.63, 3.8) is 0 Å². The number of carbonyl (C=O) groups excluding carboxylic acids is 1. The number of rotatable bonds is 6. The maximum Gasteiger partial charge on any atom is 0.272 e. The molecule has 33 heavy (non-hydrogen) atoms. The number of halogens is 1. The zero-order chi connectivity index (χ0) is 23.6. The largest absolute Gasteiger partial charge is 0.372 e. The van der Waals surface area contributed by atoms with E-state index in [-0.39, 0.29) is 21.8 Å². The van der Waals surface area contributed by atoms with Gasteiger partial charge in [0.25, 0.3) is 5.91 Å². The highest BCUT2D eigenvalue weighted by atomic mass is 35.5. The molecule has 4 rings (SSSR count). The molecule has 8 nitrogen and oxygen atoms in total. The van der Waals surface area contributed by atoms with Crippen LogP contribution in [0.15, 0.2) is 65.8 Å². The molecular formula is C23H24ClN5O3S. The second-order valence-electron chi connectivity index (χ2n) is 7.75. The average molecular weight is 486 g/mol. The molecule has 1 amide bonds. The number of hydrogen-bond donors (Lipinski definition) is 3. The van der Waals surface area contributed by atoms with Gasteiger partial charge < -0.3 is 14.6 Å². The molecule has 0 radical (unpaired) electrons. The van der Waals surface area contributed by atoms with Gasteiger partial charge in [0.1, 0.15) is 20.8 Å². The summed E-state index contributed by atoms with van der Waals surface area (Å²) in [5.74, 6) is -0.410. The number of nitrogens with zero attached hydrogens (tertiary/aromatic N) is 2. The number of fused-ring (bicyclic) bond motifs is 1. The van der Waals surface area contributed by atoms with Crippen LogP contribution < -0.4 is 10.0 Å². The summed E-state index contributed by atoms with van der Waals surface area (Å²) in [7, 11) is -1.72. The summed E-state index contributed by atoms with van der Waals surface area (Å²) in [5.41, 5.74) is 2.22. The fourth-order valence-electron chi connectivity index (χ4n) is 3.61. The Morgan fingerprint density at radius 2 is 2.12 bits per heavy atom. The highest BCUT2D eigenvalue weighted by Crippen LogP contribution is 2.28. The van der Waals surface area contributed by atoms with Crippen molar-refractivity contribution in [1.82, 2.24) is 14.3 Å². The minimum Gasteiger partial charge on any atom is -0.372 e. The lowest BCUT2D eigenvalue weighted by Gasteiger charge is -2.22. The molecule has 1 aliphatic rings. The number of ether oxygens (including phenoxy) is 1. The molecule has 2 aromatic heterocycles. The first-order valence-corrected chi connectivity index (χ1v) is 12.2. The lowest BCUT2D eigenvalue weighted by atomic mass is 10.1. The number of benzene rings is 1. The first-order chi connectivity index (χ1) is 15.7. The van der Waals surface area contributed by atoms with Crippen LogP contribution in [0, 0.1) is 4.78 Å². The van der Waals surface area contributed by atoms with Crippen molar-refractivity contribution in [2.75, 3.05) is 5.32 Å². The summed E-state index contributed by atoms with van der Waals surface area (Å²) in [4.78, 5) is 17.2. The summed E-state index contributed by atoms with van der Waals surface area (Å²) >= 11 is 5.91. The van der Waals surface area contributed by atoms with E-state index in [1.54, 1.807) is 36.0 Å². The number of amides is 1. The Kier molecular flexibility index (Phi) is 6.66. The second-order valence-corrected chi connectivity index (χ2v) is 9.92. The Morgan fingerprint density at radius 3 is 2.85 bits per heavy atom. The minimum atomic E-state index is -3.39. The van der Waals surface area contributed by atoms with Gasteiger partial charge >= 0.3 is 0 Å². The van der Waals surface area contributed by atoms with Crippen molar-refractivity contribution in [3.8, 4) is 0 Å². The molecule has 3 heterocycles. The highest BCUT2D eigenvalue weighted by molar-refractivity contribution is 7.90. The zero-order valence-corrected chi connectivity index (χ0v) is 19.7. The SMILES string of the molecule is CC(OCc1ccccc1)[C@H]1C=Cc2c(cn(C)c2C(=O)Nc2ccnc(Cl)c2)S(=N)(=O)N1. The maximum atomic E-state index is 13.3. The van der Waals surface area contributed by atoms with Gasteiger partial charge in [0.05, 0.1) is 23.6 Å². The molecule has 0 bridgehead atoms. The molecule has 1 aromatic carbocycles. The van der Waals surface area contributed by atoms with Crippen LogP contribution in [-0.4, -0.2) is 31.8 Å². The molecule has 0 saturated carbocycles. The van der Waals surface area contributed by atoms with Gasteiger partial charge in [-0.2, -0.15) is 0 Å². The van der Waals surface area contributed by atoms with E-state index in [0.29, 0.717) is 17.9 Å². The molecule has 3 atom stereocenters. The molecule has 172 valence electrons. The predicted octanol–water partition coefficient (Wildman–Crippen LogP) is 4.24. The van der Waals surface area contributed by atoms with Crippen molar-refractivity contribution < 1.29 is 13.7 Å². The summed E-state index contributed by atoms with van der Waals surface area (Å²) in [6.45, 7) is 2.25. The van der Waals surface area contributed by atoms with E-state index in [2.05, 4.69) is 15.0 Å². The Bertz CT molecular complexity index is 1300. The summed E-state index contributed by atoms with van der Waals surface area (Å²) in [5, 5.41) is 3.03. The molecule has 0 fully saturated rings. The van der Waals surface area contributed by atoms with Gasteiger partial charge in [-0.1, -0.05) is 54.1 Å². The molecule has 0 aliphatic carbocycles. The van der Waals surface area contributed by atoms with E-state index in [4.69, 9.17) is 21.1 Å². The van der Waals surface area contributed by atoms with Crippen LogP contribution in [0.4, 0.5) is 5.69 Å². The fourth-order valence-corrected chi connectivity index (χ4v) is 5.35. The predicted molar refractivity (Wildman–Crippen MR) is 128 cm³/mol. The van der Waals surface area contributed by atoms with Crippen LogP contribution in [0.1, 0.15) is 28.5 Å². The van der Waals surface area contributed by atoms with Crippen LogP contribution in [0.3, 0.4) is 0 Å². The highest BCUT2D eigenvalue weighted by Gasteiger charge is 2.30. The third-order valence-corrected chi connectivity index (χ3v) is 7.08. The molecule has 10 heteroatoms. The van der Waals surface area contributed by atoms with Crippen LogP contribution in [-0.2, 0) is 28.3 Å². The van der Waals surface area contributed by atoms with E-state index < -0.39 is 21.9 Å². The van der Waals surface area contributed by atoms with Crippen LogP contribution >= 0.6 is 11.6 Å². The fraction of sp³-hybridized carbons (Fsp3) is 0.217. The molecule has 0 saturated heterocycles. The Balaban J connectivity index is 1.58. The minimum absolute atomic E-state index is 0.247. The zero-order valence-electron chi connectivity index (χ0n) is 18.1. The van der Waals surface area contributed by atoms with Crippen molar-refractivity contribution in [2.45, 2.75) is 30.6 Å². The first kappa shape index (κ1) is 23.2. The van der Waals surface area contributed by atoms with Crippen LogP contribution in [0.5, 0.6) is 0 Å². The molecule has 3 N–H and O–H groups in total. The molecule has 0 spiro atoms. The number of nitrogens with one attached hydrogen (secondary N) is 3. The van der Waals surface area contributed by atoms with Gasteiger partial charge in [-0.3, -0.25) is 4.79 Å². The Labute approximate surface area is 197 Å². The van der Waals surface area contributed by atoms with Gasteiger partial charge in [-0.15, -0.1) is 0 Å².